The van der Waals surface area contributed by atoms with E-state index >= 15 is 0 Å². The molecule has 0 amide bonds. The van der Waals surface area contributed by atoms with Crippen LogP contribution in [0.2, 0.25) is 0 Å². The van der Waals surface area contributed by atoms with Gasteiger partial charge in [0.05, 0.1) is 0 Å². The molecule has 2 rings (SSSR count). The second-order valence-electron chi connectivity index (χ2n) is 2.64. The van der Waals surface area contributed by atoms with E-state index in [0.29, 0.717) is 5.69 Å². The molecule has 68 valence electrons. The maximum atomic E-state index is 8.44. The van der Waals surface area contributed by atoms with Crippen LogP contribution < -0.4 is 5.73 Å². The van der Waals surface area contributed by atoms with Crippen molar-refractivity contribution in [3.63, 3.8) is 0 Å². The monoisotopic (exact) mass is 196 g/mol. The van der Waals surface area contributed by atoms with E-state index in [1.54, 1.807) is 6.20 Å². The lowest BCUT2D eigenvalue weighted by molar-refractivity contribution is 0.318. The van der Waals surface area contributed by atoms with E-state index in [1.165, 1.54) is 11.3 Å². The Morgan fingerprint density at radius 1 is 1.77 bits per heavy atom. The Hall–Kier alpha value is -1.56. The van der Waals surface area contributed by atoms with Crippen molar-refractivity contribution >= 4 is 22.1 Å². The van der Waals surface area contributed by atoms with Gasteiger partial charge in [-0.2, -0.15) is 0 Å². The largest absolute Gasteiger partial charge is 0.409 e. The second kappa shape index (κ2) is 2.74. The van der Waals surface area contributed by atoms with Crippen LogP contribution in [-0.4, -0.2) is 20.4 Å². The molecule has 2 heterocycles. The number of amidine groups is 1. The summed E-state index contributed by atoms with van der Waals surface area (Å²) in [5, 5.41) is 13.3. The van der Waals surface area contributed by atoms with Crippen LogP contribution >= 0.6 is 11.3 Å². The number of thiazole rings is 1. The molecule has 3 N–H and O–H groups in total. The van der Waals surface area contributed by atoms with Crippen molar-refractivity contribution in [3.8, 4) is 0 Å². The van der Waals surface area contributed by atoms with Gasteiger partial charge in [0, 0.05) is 17.3 Å². The molecule has 0 saturated heterocycles. The first-order valence-electron chi connectivity index (χ1n) is 3.63. The molecule has 0 aliphatic rings. The van der Waals surface area contributed by atoms with Crippen molar-refractivity contribution in [1.29, 1.82) is 0 Å². The molecule has 0 spiro atoms. The number of nitrogens with zero attached hydrogens (tertiary/aromatic N) is 3. The Morgan fingerprint density at radius 2 is 2.54 bits per heavy atom. The minimum Gasteiger partial charge on any atom is -0.409 e. The fourth-order valence-electron chi connectivity index (χ4n) is 1.07. The minimum atomic E-state index is 0.0373. The van der Waals surface area contributed by atoms with Gasteiger partial charge in [0.15, 0.2) is 10.8 Å². The van der Waals surface area contributed by atoms with Crippen LogP contribution in [0.15, 0.2) is 16.7 Å². The van der Waals surface area contributed by atoms with E-state index in [2.05, 4.69) is 10.1 Å². The van der Waals surface area contributed by atoms with Crippen molar-refractivity contribution in [3.05, 3.63) is 23.0 Å². The smallest absolute Gasteiger partial charge is 0.194 e. The van der Waals surface area contributed by atoms with Crippen molar-refractivity contribution < 1.29 is 5.21 Å². The number of fused-ring (bicyclic) bond motifs is 1. The molecule has 2 aromatic rings. The maximum absolute atomic E-state index is 8.44. The summed E-state index contributed by atoms with van der Waals surface area (Å²) < 4.78 is 1.90. The van der Waals surface area contributed by atoms with E-state index in [0.717, 1.165) is 10.7 Å². The first-order chi connectivity index (χ1) is 6.22. The molecular weight excluding hydrogens is 188 g/mol. The molecule has 0 aromatic carbocycles. The molecule has 0 saturated carbocycles. The van der Waals surface area contributed by atoms with Gasteiger partial charge in [0.2, 0.25) is 0 Å². The normalized spacial score (nSPS) is 12.5. The standard InChI is InChI=1S/C7H8N4OS/c1-4-3-13-7-9-5(2-11(4)7)6(8)10-12/h2-3,12H,1H3,(H2,8,10). The van der Waals surface area contributed by atoms with Crippen molar-refractivity contribution in [2.75, 3.05) is 0 Å². The number of aromatic nitrogens is 2. The van der Waals surface area contributed by atoms with Crippen LogP contribution in [-0.2, 0) is 0 Å². The third-order valence-electron chi connectivity index (χ3n) is 1.76. The van der Waals surface area contributed by atoms with E-state index < -0.39 is 0 Å². The predicted molar refractivity (Wildman–Crippen MR) is 50.3 cm³/mol. The van der Waals surface area contributed by atoms with Crippen LogP contribution in [0.4, 0.5) is 0 Å². The van der Waals surface area contributed by atoms with Crippen LogP contribution in [0, 0.1) is 6.92 Å². The summed E-state index contributed by atoms with van der Waals surface area (Å²) in [6.07, 6.45) is 1.75. The summed E-state index contributed by atoms with van der Waals surface area (Å²) >= 11 is 1.52. The lowest BCUT2D eigenvalue weighted by Crippen LogP contribution is -2.13. The fourth-order valence-corrected chi connectivity index (χ4v) is 1.92. The summed E-state index contributed by atoms with van der Waals surface area (Å²) in [6.45, 7) is 1.97. The zero-order valence-corrected chi connectivity index (χ0v) is 7.75. The predicted octanol–water partition coefficient (Wildman–Crippen LogP) is 0.799. The molecule has 0 atom stereocenters. The molecule has 0 radical (unpaired) electrons. The van der Waals surface area contributed by atoms with Gasteiger partial charge in [-0.1, -0.05) is 5.16 Å². The highest BCUT2D eigenvalue weighted by Gasteiger charge is 2.07. The molecule has 13 heavy (non-hydrogen) atoms. The Bertz CT molecular complexity index is 470. The Kier molecular flexibility index (Phi) is 1.70. The molecule has 0 aliphatic carbocycles. The summed E-state index contributed by atoms with van der Waals surface area (Å²) in [5.74, 6) is 0.0373. The van der Waals surface area contributed by atoms with Gasteiger partial charge < -0.3 is 10.9 Å². The third kappa shape index (κ3) is 1.15. The number of hydrogen-bond acceptors (Lipinski definition) is 4. The molecule has 6 heteroatoms. The summed E-state index contributed by atoms with van der Waals surface area (Å²) in [5.41, 5.74) is 6.98. The second-order valence-corrected chi connectivity index (χ2v) is 3.48. The van der Waals surface area contributed by atoms with Gasteiger partial charge in [-0.25, -0.2) is 4.98 Å². The maximum Gasteiger partial charge on any atom is 0.194 e. The minimum absolute atomic E-state index is 0.0373. The molecule has 0 bridgehead atoms. The fraction of sp³-hybridized carbons (Fsp3) is 0.143. The Balaban J connectivity index is 2.62. The molecule has 0 aliphatic heterocycles. The number of oxime groups is 1. The topological polar surface area (TPSA) is 75.9 Å². The lowest BCUT2D eigenvalue weighted by atomic mass is 10.4. The van der Waals surface area contributed by atoms with Gasteiger partial charge in [-0.15, -0.1) is 11.3 Å². The van der Waals surface area contributed by atoms with E-state index in [-0.39, 0.29) is 5.84 Å². The SMILES string of the molecule is Cc1csc2nc(/C(N)=N\O)cn12. The van der Waals surface area contributed by atoms with Crippen LogP contribution in [0.25, 0.3) is 4.96 Å². The van der Waals surface area contributed by atoms with Gasteiger partial charge >= 0.3 is 0 Å². The van der Waals surface area contributed by atoms with Crippen molar-refractivity contribution in [1.82, 2.24) is 9.38 Å². The van der Waals surface area contributed by atoms with E-state index in [1.807, 2.05) is 16.7 Å². The van der Waals surface area contributed by atoms with Gasteiger partial charge in [0.25, 0.3) is 0 Å². The van der Waals surface area contributed by atoms with Crippen LogP contribution in [0.1, 0.15) is 11.4 Å². The van der Waals surface area contributed by atoms with Crippen LogP contribution in [0.3, 0.4) is 0 Å². The summed E-state index contributed by atoms with van der Waals surface area (Å²) in [6, 6.07) is 0. The van der Waals surface area contributed by atoms with E-state index in [9.17, 15) is 0 Å². The first-order valence-corrected chi connectivity index (χ1v) is 4.51. The van der Waals surface area contributed by atoms with Gasteiger partial charge in [0.1, 0.15) is 5.69 Å². The van der Waals surface area contributed by atoms with Gasteiger partial charge in [-0.3, -0.25) is 4.40 Å². The number of rotatable bonds is 1. The number of aryl methyl sites for hydroxylation is 1. The molecule has 2 aromatic heterocycles. The van der Waals surface area contributed by atoms with Crippen LogP contribution in [0.5, 0.6) is 0 Å². The first kappa shape index (κ1) is 8.06. The number of nitrogens with two attached hydrogens (primary N) is 1. The zero-order valence-electron chi connectivity index (χ0n) is 6.93. The lowest BCUT2D eigenvalue weighted by Gasteiger charge is -1.88. The molecule has 0 fully saturated rings. The average Bonchev–Trinajstić information content (AvgIpc) is 2.67. The zero-order chi connectivity index (χ0) is 9.42. The Morgan fingerprint density at radius 3 is 3.15 bits per heavy atom. The molecule has 0 unspecified atom stereocenters. The summed E-state index contributed by atoms with van der Waals surface area (Å²) in [7, 11) is 0. The quantitative estimate of drug-likeness (QED) is 0.306. The summed E-state index contributed by atoms with van der Waals surface area (Å²) in [4.78, 5) is 5.02. The van der Waals surface area contributed by atoms with Gasteiger partial charge in [-0.05, 0) is 6.92 Å². The molecule has 5 nitrogen and oxygen atoms in total. The number of hydrogen-bond donors (Lipinski definition) is 2. The average molecular weight is 196 g/mol. The number of imidazole rings is 1. The Labute approximate surface area is 78.1 Å². The highest BCUT2D eigenvalue weighted by Crippen LogP contribution is 2.15. The van der Waals surface area contributed by atoms with E-state index in [4.69, 9.17) is 10.9 Å². The van der Waals surface area contributed by atoms with Crippen molar-refractivity contribution in [2.24, 2.45) is 10.9 Å². The third-order valence-corrected chi connectivity index (χ3v) is 2.72. The van der Waals surface area contributed by atoms with Crippen molar-refractivity contribution in [2.45, 2.75) is 6.92 Å². The molecular formula is C7H8N4OS. The highest BCUT2D eigenvalue weighted by atomic mass is 32.1. The highest BCUT2D eigenvalue weighted by molar-refractivity contribution is 7.15.